The number of hydrogen-bond acceptors (Lipinski definition) is 9. The third kappa shape index (κ3) is 16.3. The minimum Gasteiger partial charge on any atom is -0.477 e. The number of ketones is 5. The highest BCUT2D eigenvalue weighted by Crippen LogP contribution is 2.35. The lowest BCUT2D eigenvalue weighted by Gasteiger charge is -2.03. The molecule has 7 nitrogen and oxygen atoms in total. The number of hydrogen-bond donors (Lipinski definition) is 1. The molecule has 0 unspecified atom stereocenters. The summed E-state index contributed by atoms with van der Waals surface area (Å²) in [6, 6.07) is 53.2. The van der Waals surface area contributed by atoms with E-state index >= 15 is 0 Å². The number of halogens is 4. The molecular formula is C62H48Cl3FO7S3. The maximum absolute atomic E-state index is 13.0. The molecule has 9 aromatic rings. The third-order valence-corrected chi connectivity index (χ3v) is 16.5. The number of Topliss-reactive ketones (excluding diaryl/α,β-unsaturated/α-hetero) is 5. The average Bonchev–Trinajstić information content (AvgIpc) is 4.16. The predicted octanol–water partition coefficient (Wildman–Crippen LogP) is 16.5. The molecule has 0 aliphatic carbocycles. The molecule has 0 bridgehead atoms. The molecule has 0 fully saturated rings. The zero-order valence-corrected chi connectivity index (χ0v) is 45.8. The number of thiophene rings is 3. The van der Waals surface area contributed by atoms with E-state index in [1.807, 2.05) is 115 Å². The fourth-order valence-corrected chi connectivity index (χ4v) is 11.7. The Balaban J connectivity index is 0.000000166. The molecule has 0 amide bonds. The summed E-state index contributed by atoms with van der Waals surface area (Å²) in [4.78, 5) is 77.1. The van der Waals surface area contributed by atoms with E-state index in [9.17, 15) is 38.3 Å². The fourth-order valence-electron chi connectivity index (χ4n) is 8.05. The smallest absolute Gasteiger partial charge is 0.346 e. The maximum Gasteiger partial charge on any atom is 0.346 e. The van der Waals surface area contributed by atoms with Crippen molar-refractivity contribution in [3.8, 4) is 31.3 Å². The van der Waals surface area contributed by atoms with Gasteiger partial charge in [0.15, 0.2) is 11.6 Å². The number of carbonyl (C=O) groups is 6. The largest absolute Gasteiger partial charge is 0.477 e. The summed E-state index contributed by atoms with van der Waals surface area (Å²) in [6.45, 7) is 3.07. The van der Waals surface area contributed by atoms with E-state index in [0.717, 1.165) is 59.1 Å². The lowest BCUT2D eigenvalue weighted by Crippen LogP contribution is -2.08. The summed E-state index contributed by atoms with van der Waals surface area (Å²) < 4.78 is 13.0. The lowest BCUT2D eigenvalue weighted by molar-refractivity contribution is -0.118. The van der Waals surface area contributed by atoms with Gasteiger partial charge in [-0.2, -0.15) is 0 Å². The van der Waals surface area contributed by atoms with Gasteiger partial charge in [0, 0.05) is 58.2 Å². The Morgan fingerprint density at radius 3 is 1.12 bits per heavy atom. The third-order valence-electron chi connectivity index (χ3n) is 11.6. The molecule has 0 atom stereocenters. The molecule has 1 N–H and O–H groups in total. The van der Waals surface area contributed by atoms with Crippen LogP contribution < -0.4 is 0 Å². The van der Waals surface area contributed by atoms with Crippen LogP contribution in [0.25, 0.3) is 31.3 Å². The van der Waals surface area contributed by atoms with Crippen molar-refractivity contribution >= 4 is 104 Å². The Morgan fingerprint density at radius 1 is 0.408 bits per heavy atom. The summed E-state index contributed by atoms with van der Waals surface area (Å²) in [5.74, 6) is -1.36. The van der Waals surface area contributed by atoms with Crippen LogP contribution in [0.5, 0.6) is 0 Å². The van der Waals surface area contributed by atoms with E-state index in [1.165, 1.54) is 53.1 Å². The Kier molecular flexibility index (Phi) is 20.3. The van der Waals surface area contributed by atoms with Crippen LogP contribution in [-0.2, 0) is 52.9 Å². The number of aromatic carboxylic acids is 1. The second-order valence-electron chi connectivity index (χ2n) is 17.6. The van der Waals surface area contributed by atoms with Crippen LogP contribution in [0.1, 0.15) is 76.2 Å². The minimum atomic E-state index is -1.02. The summed E-state index contributed by atoms with van der Waals surface area (Å²) in [6.07, 6.45) is 1.27. The van der Waals surface area contributed by atoms with Gasteiger partial charge < -0.3 is 5.11 Å². The summed E-state index contributed by atoms with van der Waals surface area (Å²) in [7, 11) is 0. The lowest BCUT2D eigenvalue weighted by atomic mass is 10.0. The van der Waals surface area contributed by atoms with Gasteiger partial charge in [-0.1, -0.05) is 156 Å². The van der Waals surface area contributed by atoms with E-state index in [4.69, 9.17) is 34.8 Å². The Bertz CT molecular complexity index is 3340. The fraction of sp³-hybridized carbons (Fsp3) is 0.129. The van der Waals surface area contributed by atoms with Gasteiger partial charge in [0.1, 0.15) is 28.0 Å². The normalized spacial score (nSPS) is 10.7. The SMILES string of the molecule is CC(=O)c1sc(-c2ccccc2)cc1CC(=O)Cc1ccc(Cl)cc1.CC(=O)c1sc(-c2ccccc2)cc1CC(=O)Cc1ccc(F)cc1.O=C(Cc1ccc(Cl)c(Cl)c1)Cc1cc(-c2ccccc2)sc1C(=O)O. The topological polar surface area (TPSA) is 123 Å². The summed E-state index contributed by atoms with van der Waals surface area (Å²) in [5.41, 5.74) is 7.60. The van der Waals surface area contributed by atoms with Crippen LogP contribution in [0.3, 0.4) is 0 Å². The molecule has 6 aromatic carbocycles. The molecule has 0 spiro atoms. The number of benzene rings is 6. The molecule has 0 radical (unpaired) electrons. The summed E-state index contributed by atoms with van der Waals surface area (Å²) in [5, 5.41) is 10.9. The van der Waals surface area contributed by atoms with E-state index in [2.05, 4.69) is 0 Å². The molecule has 9 rings (SSSR count). The van der Waals surface area contributed by atoms with Gasteiger partial charge in [0.05, 0.1) is 19.8 Å². The molecule has 76 heavy (non-hydrogen) atoms. The first-order valence-corrected chi connectivity index (χ1v) is 27.3. The molecule has 3 heterocycles. The van der Waals surface area contributed by atoms with E-state index in [0.29, 0.717) is 36.8 Å². The van der Waals surface area contributed by atoms with E-state index in [-0.39, 0.29) is 71.7 Å². The van der Waals surface area contributed by atoms with Crippen molar-refractivity contribution in [2.75, 3.05) is 0 Å². The van der Waals surface area contributed by atoms with E-state index in [1.54, 1.807) is 55.5 Å². The first-order chi connectivity index (χ1) is 36.5. The van der Waals surface area contributed by atoms with Crippen molar-refractivity contribution in [3.63, 3.8) is 0 Å². The highest BCUT2D eigenvalue weighted by atomic mass is 35.5. The van der Waals surface area contributed by atoms with Crippen LogP contribution >= 0.6 is 68.8 Å². The molecule has 0 aliphatic heterocycles. The number of rotatable bonds is 18. The van der Waals surface area contributed by atoms with E-state index < -0.39 is 5.97 Å². The van der Waals surface area contributed by atoms with Crippen molar-refractivity contribution in [2.24, 2.45) is 0 Å². The van der Waals surface area contributed by atoms with Crippen molar-refractivity contribution in [2.45, 2.75) is 52.4 Å². The second-order valence-corrected chi connectivity index (χ2v) is 22.0. The zero-order chi connectivity index (χ0) is 54.3. The Morgan fingerprint density at radius 2 is 0.750 bits per heavy atom. The molecule has 3 aromatic heterocycles. The van der Waals surface area contributed by atoms with Gasteiger partial charge in [0.25, 0.3) is 0 Å². The molecular weight excluding hydrogens is 1080 g/mol. The van der Waals surface area contributed by atoms with Crippen molar-refractivity contribution < 1.29 is 38.3 Å². The number of carboxylic acid groups (broad SMARTS) is 1. The Hall–Kier alpha value is -6.96. The quantitative estimate of drug-likeness (QED) is 0.0849. The van der Waals surface area contributed by atoms with Crippen molar-refractivity contribution in [1.82, 2.24) is 0 Å². The van der Waals surface area contributed by atoms with Crippen LogP contribution in [0, 0.1) is 5.82 Å². The van der Waals surface area contributed by atoms with Crippen molar-refractivity contribution in [3.05, 3.63) is 245 Å². The maximum atomic E-state index is 13.0. The van der Waals surface area contributed by atoms with Crippen LogP contribution in [0.15, 0.2) is 176 Å². The van der Waals surface area contributed by atoms with Crippen LogP contribution in [0.2, 0.25) is 15.1 Å². The highest BCUT2D eigenvalue weighted by Gasteiger charge is 2.21. The number of carboxylic acids is 1. The first-order valence-electron chi connectivity index (χ1n) is 23.8. The predicted molar refractivity (Wildman–Crippen MR) is 308 cm³/mol. The average molecular weight is 1130 g/mol. The van der Waals surface area contributed by atoms with Gasteiger partial charge in [-0.3, -0.25) is 24.0 Å². The number of carbonyl (C=O) groups excluding carboxylic acids is 5. The molecule has 0 aliphatic rings. The monoisotopic (exact) mass is 1120 g/mol. The van der Waals surface area contributed by atoms with Gasteiger partial charge in [-0.25, -0.2) is 9.18 Å². The molecule has 14 heteroatoms. The van der Waals surface area contributed by atoms with Crippen LogP contribution in [0.4, 0.5) is 4.39 Å². The second kappa shape index (κ2) is 27.2. The Labute approximate surface area is 467 Å². The highest BCUT2D eigenvalue weighted by molar-refractivity contribution is 7.18. The van der Waals surface area contributed by atoms with Gasteiger partial charge in [0.2, 0.25) is 0 Å². The standard InChI is InChI=1S/C21H17ClO2S.C21H17FO2S.C20H14Cl2O3S/c2*1-14(23)21-17(13-20(25-21)16-5-3-2-4-6-16)12-19(24)11-15-7-9-18(22)10-8-15;21-16-7-6-12(9-17(16)22)8-15(23)10-14-11-18(26-19(14)20(24)25)13-4-2-1-3-5-13/h2*2-10,13H,11-12H2,1H3;1-7,9,11H,8,10H2,(H,24,25). The molecule has 0 saturated heterocycles. The minimum absolute atomic E-state index is 0.00136. The van der Waals surface area contributed by atoms with Gasteiger partial charge >= 0.3 is 5.97 Å². The zero-order valence-electron chi connectivity index (χ0n) is 41.1. The van der Waals surface area contributed by atoms with Gasteiger partial charge in [-0.15, -0.1) is 34.0 Å². The van der Waals surface area contributed by atoms with Crippen molar-refractivity contribution in [1.29, 1.82) is 0 Å². The van der Waals surface area contributed by atoms with Crippen LogP contribution in [-0.4, -0.2) is 40.0 Å². The molecule has 384 valence electrons. The van der Waals surface area contributed by atoms with Gasteiger partial charge in [-0.05, 0) is 119 Å². The first kappa shape index (κ1) is 56.8. The molecule has 0 saturated carbocycles. The summed E-state index contributed by atoms with van der Waals surface area (Å²) >= 11 is 21.8.